The predicted octanol–water partition coefficient (Wildman–Crippen LogP) is 4.37. The number of allylic oxidation sites excluding steroid dienone is 4. The van der Waals surface area contributed by atoms with E-state index in [1.54, 1.807) is 18.2 Å². The number of phenols is 1. The van der Waals surface area contributed by atoms with Crippen LogP contribution in [-0.2, 0) is 4.79 Å². The van der Waals surface area contributed by atoms with Gasteiger partial charge in [0, 0.05) is 0 Å². The van der Waals surface area contributed by atoms with Crippen molar-refractivity contribution in [3.8, 4) is 15.8 Å². The van der Waals surface area contributed by atoms with Crippen LogP contribution in [-0.4, -0.2) is 39.2 Å². The molecule has 1 atom stereocenters. The summed E-state index contributed by atoms with van der Waals surface area (Å²) < 4.78 is 3.48. The summed E-state index contributed by atoms with van der Waals surface area (Å²) in [6.07, 6.45) is 5.17. The molecule has 1 aliphatic carbocycles. The van der Waals surface area contributed by atoms with E-state index in [1.807, 2.05) is 30.3 Å². The first-order valence-electron chi connectivity index (χ1n) is 9.30. The molecule has 5 rings (SSSR count). The number of rotatable bonds is 2. The molecule has 0 fully saturated rings. The fraction of sp³-hybridized carbons (Fsp3) is 0.0435. The molecule has 148 valence electrons. The second-order valence-electron chi connectivity index (χ2n) is 7.37. The van der Waals surface area contributed by atoms with Gasteiger partial charge in [0.25, 0.3) is 0 Å². The Bertz CT molecular complexity index is 1290. The Morgan fingerprint density at radius 2 is 1.90 bits per heavy atom. The van der Waals surface area contributed by atoms with Crippen molar-refractivity contribution in [2.75, 3.05) is 0 Å². The molecule has 2 heterocycles. The van der Waals surface area contributed by atoms with Gasteiger partial charge in [0.1, 0.15) is 0 Å². The Morgan fingerprint density at radius 3 is 2.60 bits per heavy atom. The van der Waals surface area contributed by atoms with Crippen LogP contribution in [0, 0.1) is 3.57 Å². The molecule has 0 radical (unpaired) electrons. The quantitative estimate of drug-likeness (QED) is 0.255. The van der Waals surface area contributed by atoms with Gasteiger partial charge in [-0.05, 0) is 0 Å². The Balaban J connectivity index is 1.92. The minimum atomic E-state index is -2.59. The van der Waals surface area contributed by atoms with Crippen LogP contribution >= 0.6 is 38.5 Å². The van der Waals surface area contributed by atoms with Crippen molar-refractivity contribution in [3.63, 3.8) is 0 Å². The molecule has 0 saturated heterocycles. The van der Waals surface area contributed by atoms with Gasteiger partial charge in [-0.3, -0.25) is 0 Å². The summed E-state index contributed by atoms with van der Waals surface area (Å²) >= 11 is 6.09. The second-order valence-corrected chi connectivity index (χ2v) is 16.6. The summed E-state index contributed by atoms with van der Waals surface area (Å²) in [7, 11) is -2.59. The van der Waals surface area contributed by atoms with E-state index in [4.69, 9.17) is 4.99 Å². The van der Waals surface area contributed by atoms with Crippen molar-refractivity contribution in [1.82, 2.24) is 0 Å². The summed E-state index contributed by atoms with van der Waals surface area (Å²) in [5.41, 5.74) is 2.64. The zero-order valence-corrected chi connectivity index (χ0v) is 22.3. The third-order valence-corrected chi connectivity index (χ3v) is 15.8. The summed E-state index contributed by atoms with van der Waals surface area (Å²) in [4.78, 5) is 17.3. The molecule has 7 heteroatoms. The van der Waals surface area contributed by atoms with Crippen molar-refractivity contribution >= 4 is 88.7 Å². The Labute approximate surface area is 203 Å². The van der Waals surface area contributed by atoms with E-state index in [2.05, 4.69) is 63.3 Å². The van der Waals surface area contributed by atoms with Gasteiger partial charge < -0.3 is 0 Å². The minimum absolute atomic E-state index is 0.00739. The molecular weight excluding hydrogens is 636 g/mol. The average Bonchev–Trinajstić information content (AvgIpc) is 3.07. The fourth-order valence-corrected chi connectivity index (χ4v) is 12.8. The van der Waals surface area contributed by atoms with Gasteiger partial charge >= 0.3 is 205 Å². The Morgan fingerprint density at radius 1 is 1.13 bits per heavy atom. The SMILES string of the molecule is C[Si]1(c2ccccc2)C2=CC(=O)C=CC2=Nc2ccc(O)c(-c3cc(I)c(Br)[se]3)c21. The van der Waals surface area contributed by atoms with Crippen LogP contribution in [0.1, 0.15) is 0 Å². The van der Waals surface area contributed by atoms with Gasteiger partial charge in [0.2, 0.25) is 0 Å². The number of benzene rings is 2. The second kappa shape index (κ2) is 7.57. The average molecular weight is 651 g/mol. The van der Waals surface area contributed by atoms with Gasteiger partial charge in [-0.25, -0.2) is 0 Å². The summed E-state index contributed by atoms with van der Waals surface area (Å²) in [6.45, 7) is 2.27. The molecule has 0 bridgehead atoms. The number of hydrogen-bond acceptors (Lipinski definition) is 3. The number of aromatic hydroxyl groups is 1. The maximum absolute atomic E-state index is 12.4. The fourth-order valence-electron chi connectivity index (χ4n) is 4.25. The van der Waals surface area contributed by atoms with E-state index in [1.165, 1.54) is 8.53 Å². The number of hydrogen-bond donors (Lipinski definition) is 1. The number of nitrogens with zero attached hydrogens (tertiary/aromatic N) is 1. The van der Waals surface area contributed by atoms with Crippen LogP contribution in [0.4, 0.5) is 5.69 Å². The zero-order chi connectivity index (χ0) is 21.0. The molecule has 1 aromatic heterocycles. The van der Waals surface area contributed by atoms with Crippen molar-refractivity contribution < 1.29 is 9.90 Å². The molecule has 0 amide bonds. The summed E-state index contributed by atoms with van der Waals surface area (Å²) in [5, 5.41) is 14.3. The van der Waals surface area contributed by atoms with E-state index >= 15 is 0 Å². The normalized spacial score (nSPS) is 19.8. The van der Waals surface area contributed by atoms with Crippen LogP contribution in [0.2, 0.25) is 6.55 Å². The number of aliphatic imine (C=N–C) groups is 1. The van der Waals surface area contributed by atoms with Crippen molar-refractivity contribution in [2.45, 2.75) is 6.55 Å². The number of halogens is 2. The van der Waals surface area contributed by atoms with Crippen LogP contribution < -0.4 is 10.4 Å². The van der Waals surface area contributed by atoms with E-state index in [-0.39, 0.29) is 26.0 Å². The first-order chi connectivity index (χ1) is 14.4. The Hall–Kier alpha value is -1.51. The van der Waals surface area contributed by atoms with Crippen LogP contribution in [0.5, 0.6) is 5.75 Å². The van der Waals surface area contributed by atoms with Crippen LogP contribution in [0.15, 0.2) is 80.3 Å². The van der Waals surface area contributed by atoms with E-state index < -0.39 is 8.07 Å². The third kappa shape index (κ3) is 3.10. The first-order valence-corrected chi connectivity index (χ1v) is 15.4. The van der Waals surface area contributed by atoms with E-state index in [9.17, 15) is 9.90 Å². The third-order valence-electron chi connectivity index (χ3n) is 5.65. The molecule has 0 saturated carbocycles. The molecule has 3 aromatic rings. The van der Waals surface area contributed by atoms with Gasteiger partial charge in [0.05, 0.1) is 0 Å². The van der Waals surface area contributed by atoms with Crippen LogP contribution in [0.25, 0.3) is 10.0 Å². The number of fused-ring (bicyclic) bond motifs is 2. The molecule has 1 aliphatic heterocycles. The van der Waals surface area contributed by atoms with E-state index in [0.29, 0.717) is 0 Å². The van der Waals surface area contributed by atoms with Crippen molar-refractivity contribution in [1.29, 1.82) is 0 Å². The van der Waals surface area contributed by atoms with Crippen molar-refractivity contribution in [3.05, 3.63) is 78.9 Å². The van der Waals surface area contributed by atoms with Crippen molar-refractivity contribution in [2.24, 2.45) is 4.99 Å². The molecule has 2 aliphatic rings. The molecule has 0 spiro atoms. The Kier molecular flexibility index (Phi) is 5.14. The van der Waals surface area contributed by atoms with E-state index in [0.717, 1.165) is 35.4 Å². The predicted molar refractivity (Wildman–Crippen MR) is 138 cm³/mol. The maximum atomic E-state index is 12.4. The molecule has 3 nitrogen and oxygen atoms in total. The topological polar surface area (TPSA) is 49.7 Å². The van der Waals surface area contributed by atoms with Gasteiger partial charge in [-0.2, -0.15) is 0 Å². The number of carbonyl (C=O) groups excluding carboxylic acids is 1. The van der Waals surface area contributed by atoms with Gasteiger partial charge in [0.15, 0.2) is 0 Å². The molecule has 2 aromatic carbocycles. The molecule has 1 unspecified atom stereocenters. The first kappa shape index (κ1) is 20.4. The summed E-state index contributed by atoms with van der Waals surface area (Å²) in [5.74, 6) is 0.270. The van der Waals surface area contributed by atoms with Gasteiger partial charge in [-0.1, -0.05) is 0 Å². The molecule has 1 N–H and O–H groups in total. The van der Waals surface area contributed by atoms with Gasteiger partial charge in [-0.15, -0.1) is 0 Å². The standard InChI is InChI=1S/C23H15BrINO2SeSi/c1-30(14-5-3-2-4-6-14)20-11-13(27)7-8-16(20)26-17-9-10-18(28)21(22(17)30)19-12-15(25)23(24)29-19/h2-12,28H,1H3. The zero-order valence-electron chi connectivity index (χ0n) is 15.8. The molecule has 30 heavy (non-hydrogen) atoms. The van der Waals surface area contributed by atoms with Crippen LogP contribution in [0.3, 0.4) is 0 Å². The number of phenolic OH excluding ortho intramolecular Hbond substituents is 1. The number of ketones is 1. The number of carbonyl (C=O) groups is 1. The monoisotopic (exact) mass is 651 g/mol. The molecular formula is C23H15BrINO2SeSi. The summed E-state index contributed by atoms with van der Waals surface area (Å²) in [6, 6.07) is 16.2.